The summed E-state index contributed by atoms with van der Waals surface area (Å²) < 4.78 is 14.7. The number of esters is 1. The van der Waals surface area contributed by atoms with Crippen LogP contribution < -0.4 is 15.4 Å². The number of aromatic nitrogens is 4. The Morgan fingerprint density at radius 3 is 2.43 bits per heavy atom. The van der Waals surface area contributed by atoms with Crippen molar-refractivity contribution in [3.8, 4) is 17.3 Å². The Bertz CT molecular complexity index is 1780. The number of Topliss-reactive ketones (excluding diaryl/α,β-unsaturated/α-hetero) is 1. The summed E-state index contributed by atoms with van der Waals surface area (Å²) in [5, 5.41) is 4.96. The van der Waals surface area contributed by atoms with Gasteiger partial charge in [0.15, 0.2) is 5.78 Å². The number of carbonyl (C=O) groups is 2. The van der Waals surface area contributed by atoms with Crippen molar-refractivity contribution in [1.82, 2.24) is 19.3 Å². The van der Waals surface area contributed by atoms with Gasteiger partial charge in [-0.15, -0.1) is 0 Å². The average molecular weight is 593 g/mol. The van der Waals surface area contributed by atoms with Gasteiger partial charge in [0.25, 0.3) is 0 Å². The Kier molecular flexibility index (Phi) is 7.36. The number of ketones is 1. The molecule has 2 aromatic carbocycles. The van der Waals surface area contributed by atoms with Gasteiger partial charge in [0.2, 0.25) is 0 Å². The van der Waals surface area contributed by atoms with E-state index in [2.05, 4.69) is 18.8 Å². The van der Waals surface area contributed by atoms with Gasteiger partial charge in [-0.1, -0.05) is 32.0 Å². The zero-order chi connectivity index (χ0) is 31.2. The second-order valence-electron chi connectivity index (χ2n) is 11.8. The van der Waals surface area contributed by atoms with E-state index in [9.17, 15) is 9.59 Å². The van der Waals surface area contributed by atoms with E-state index in [0.717, 1.165) is 11.4 Å². The first kappa shape index (κ1) is 29.0. The molecule has 0 saturated heterocycles. The van der Waals surface area contributed by atoms with Gasteiger partial charge in [-0.2, -0.15) is 5.10 Å². The minimum atomic E-state index is -0.822. The van der Waals surface area contributed by atoms with Crippen molar-refractivity contribution in [1.29, 1.82) is 0 Å². The minimum absolute atomic E-state index is 0.0440. The van der Waals surface area contributed by atoms with Crippen LogP contribution in [0.15, 0.2) is 96.0 Å². The number of ether oxygens (including phenoxy) is 2. The molecule has 6 rings (SSSR count). The van der Waals surface area contributed by atoms with Crippen LogP contribution in [0, 0.1) is 12.3 Å². The summed E-state index contributed by atoms with van der Waals surface area (Å²) in [4.78, 5) is 34.5. The fourth-order valence-corrected chi connectivity index (χ4v) is 6.38. The molecule has 3 heterocycles. The van der Waals surface area contributed by atoms with Crippen LogP contribution >= 0.6 is 0 Å². The van der Waals surface area contributed by atoms with Crippen LogP contribution in [0.25, 0.3) is 11.5 Å². The van der Waals surface area contributed by atoms with E-state index < -0.39 is 11.9 Å². The maximum atomic E-state index is 14.4. The van der Waals surface area contributed by atoms with E-state index in [4.69, 9.17) is 20.3 Å². The molecular formula is C34H36N6O4. The molecule has 0 radical (unpaired) electrons. The normalized spacial score (nSPS) is 18.0. The van der Waals surface area contributed by atoms with Gasteiger partial charge in [-0.3, -0.25) is 14.3 Å². The summed E-state index contributed by atoms with van der Waals surface area (Å²) in [6, 6.07) is 17.1. The highest BCUT2D eigenvalue weighted by Gasteiger charge is 2.48. The molecule has 226 valence electrons. The molecule has 2 aliphatic rings. The Morgan fingerprint density at radius 2 is 1.80 bits per heavy atom. The first-order valence-corrected chi connectivity index (χ1v) is 14.7. The topological polar surface area (TPSA) is 118 Å². The summed E-state index contributed by atoms with van der Waals surface area (Å²) in [5.41, 5.74) is 11.1. The van der Waals surface area contributed by atoms with Crippen LogP contribution in [0.3, 0.4) is 0 Å². The number of benzene rings is 2. The number of para-hydroxylation sites is 1. The van der Waals surface area contributed by atoms with Gasteiger partial charge >= 0.3 is 5.97 Å². The molecule has 2 aromatic heterocycles. The van der Waals surface area contributed by atoms with Gasteiger partial charge in [0.1, 0.15) is 23.7 Å². The number of imidazole rings is 1. The molecular weight excluding hydrogens is 556 g/mol. The molecule has 2 N–H and O–H groups in total. The number of anilines is 1. The number of nitrogens with two attached hydrogens (primary N) is 1. The van der Waals surface area contributed by atoms with Gasteiger partial charge in [0.05, 0.1) is 36.6 Å². The SMILES string of the molecule is CCOC(=O)C1=C(N)N(c2ccc(OC)cc2)C2=C(C(=O)CC(C)(C)C2)C1c1c(C)nn(-c2ccccc2)c1-n1ccnc1. The van der Waals surface area contributed by atoms with Crippen LogP contribution in [0.4, 0.5) is 5.69 Å². The van der Waals surface area contributed by atoms with Crippen LogP contribution in [0.5, 0.6) is 5.75 Å². The van der Waals surface area contributed by atoms with Crippen molar-refractivity contribution >= 4 is 17.4 Å². The first-order chi connectivity index (χ1) is 21.1. The van der Waals surface area contributed by atoms with Crippen molar-refractivity contribution in [3.05, 3.63) is 107 Å². The summed E-state index contributed by atoms with van der Waals surface area (Å²) in [5.74, 6) is 0.107. The molecule has 0 bridgehead atoms. The van der Waals surface area contributed by atoms with E-state index in [-0.39, 0.29) is 29.2 Å². The van der Waals surface area contributed by atoms with Crippen LogP contribution in [0.1, 0.15) is 50.8 Å². The van der Waals surface area contributed by atoms with E-state index >= 15 is 0 Å². The largest absolute Gasteiger partial charge is 0.497 e. The maximum absolute atomic E-state index is 14.4. The fourth-order valence-electron chi connectivity index (χ4n) is 6.38. The zero-order valence-corrected chi connectivity index (χ0v) is 25.6. The van der Waals surface area contributed by atoms with Crippen molar-refractivity contribution < 1.29 is 19.1 Å². The number of rotatable bonds is 7. The molecule has 1 unspecified atom stereocenters. The number of allylic oxidation sites excluding steroid dienone is 2. The molecule has 1 atom stereocenters. The monoisotopic (exact) mass is 592 g/mol. The third-order valence-corrected chi connectivity index (χ3v) is 8.21. The predicted octanol–water partition coefficient (Wildman–Crippen LogP) is 5.36. The molecule has 44 heavy (non-hydrogen) atoms. The smallest absolute Gasteiger partial charge is 0.338 e. The summed E-state index contributed by atoms with van der Waals surface area (Å²) in [7, 11) is 1.60. The molecule has 10 nitrogen and oxygen atoms in total. The van der Waals surface area contributed by atoms with Crippen molar-refractivity contribution in [2.75, 3.05) is 18.6 Å². The second-order valence-corrected chi connectivity index (χ2v) is 11.8. The third kappa shape index (κ3) is 4.86. The quantitative estimate of drug-likeness (QED) is 0.285. The highest BCUT2D eigenvalue weighted by atomic mass is 16.5. The standard InChI is InChI=1S/C34H36N6O4/c1-6-44-33(42)30-29(27-21(2)37-40(23-10-8-7-9-11-23)32(27)38-17-16-36-20-38)28-25(18-34(3,4)19-26(28)41)39(31(30)35)22-12-14-24(43-5)15-13-22/h7-17,20,29H,6,18-19,35H2,1-5H3. The van der Waals surface area contributed by atoms with Crippen LogP contribution in [-0.4, -0.2) is 44.8 Å². The highest BCUT2D eigenvalue weighted by molar-refractivity contribution is 6.06. The summed E-state index contributed by atoms with van der Waals surface area (Å²) in [6.07, 6.45) is 6.08. The van der Waals surface area contributed by atoms with Crippen molar-refractivity contribution in [2.24, 2.45) is 11.1 Å². The molecule has 4 aromatic rings. The van der Waals surface area contributed by atoms with Gasteiger partial charge in [-0.25, -0.2) is 14.5 Å². The maximum Gasteiger partial charge on any atom is 0.338 e. The van der Waals surface area contributed by atoms with Crippen LogP contribution in [-0.2, 0) is 14.3 Å². The second kappa shape index (κ2) is 11.2. The summed E-state index contributed by atoms with van der Waals surface area (Å²) >= 11 is 0. The van der Waals surface area contributed by atoms with Gasteiger partial charge < -0.3 is 15.2 Å². The molecule has 0 amide bonds. The molecule has 0 fully saturated rings. The van der Waals surface area contributed by atoms with E-state index in [0.29, 0.717) is 46.9 Å². The zero-order valence-electron chi connectivity index (χ0n) is 25.6. The van der Waals surface area contributed by atoms with E-state index in [1.807, 2.05) is 81.9 Å². The number of hydrogen-bond acceptors (Lipinski definition) is 8. The van der Waals surface area contributed by atoms with Gasteiger partial charge in [0, 0.05) is 41.3 Å². The molecule has 1 aliphatic heterocycles. The molecule has 1 aliphatic carbocycles. The lowest BCUT2D eigenvalue weighted by atomic mass is 9.68. The Morgan fingerprint density at radius 1 is 1.07 bits per heavy atom. The minimum Gasteiger partial charge on any atom is -0.497 e. The number of hydrogen-bond donors (Lipinski definition) is 1. The Labute approximate surface area is 256 Å². The lowest BCUT2D eigenvalue weighted by Crippen LogP contribution is -2.44. The fraction of sp³-hybridized carbons (Fsp3) is 0.294. The van der Waals surface area contributed by atoms with E-state index in [1.165, 1.54) is 0 Å². The Hall–Kier alpha value is -5.12. The lowest BCUT2D eigenvalue weighted by molar-refractivity contribution is -0.138. The van der Waals surface area contributed by atoms with Crippen molar-refractivity contribution in [3.63, 3.8) is 0 Å². The first-order valence-electron chi connectivity index (χ1n) is 14.7. The molecule has 0 spiro atoms. The molecule has 0 saturated carbocycles. The predicted molar refractivity (Wildman–Crippen MR) is 167 cm³/mol. The number of carbonyl (C=O) groups excluding carboxylic acids is 2. The number of nitrogens with zero attached hydrogens (tertiary/aromatic N) is 5. The van der Waals surface area contributed by atoms with Gasteiger partial charge in [-0.05, 0) is 62.1 Å². The highest BCUT2D eigenvalue weighted by Crippen LogP contribution is 2.52. The Balaban J connectivity index is 1.69. The third-order valence-electron chi connectivity index (χ3n) is 8.21. The lowest BCUT2D eigenvalue weighted by Gasteiger charge is -2.44. The summed E-state index contributed by atoms with van der Waals surface area (Å²) in [6.45, 7) is 7.94. The number of aryl methyl sites for hydroxylation is 1. The average Bonchev–Trinajstić information content (AvgIpc) is 3.64. The van der Waals surface area contributed by atoms with Crippen LogP contribution in [0.2, 0.25) is 0 Å². The van der Waals surface area contributed by atoms with E-state index in [1.54, 1.807) is 26.6 Å². The molecule has 10 heteroatoms. The van der Waals surface area contributed by atoms with Crippen molar-refractivity contribution in [2.45, 2.75) is 46.5 Å². The number of methoxy groups -OCH3 is 1.